The fourth-order valence-electron chi connectivity index (χ4n) is 3.69. The average molecular weight is 408 g/mol. The molecule has 0 radical (unpaired) electrons. The zero-order valence-electron chi connectivity index (χ0n) is 18.1. The lowest BCUT2D eigenvalue weighted by Crippen LogP contribution is -2.39. The van der Waals surface area contributed by atoms with E-state index >= 15 is 0 Å². The van der Waals surface area contributed by atoms with Crippen LogP contribution >= 0.6 is 0 Å². The summed E-state index contributed by atoms with van der Waals surface area (Å²) in [5, 5.41) is 0. The molecule has 158 valence electrons. The van der Waals surface area contributed by atoms with Crippen molar-refractivity contribution in [1.29, 1.82) is 0 Å². The summed E-state index contributed by atoms with van der Waals surface area (Å²) >= 11 is 0. The highest BCUT2D eigenvalue weighted by Crippen LogP contribution is 2.47. The number of rotatable bonds is 8. The van der Waals surface area contributed by atoms with Crippen LogP contribution in [0, 0.1) is 19.8 Å². The quantitative estimate of drug-likeness (QED) is 0.487. The number of carbonyl (C=O) groups excluding carboxylic acids is 1. The first-order chi connectivity index (χ1) is 14.4. The fourth-order valence-corrected chi connectivity index (χ4v) is 3.69. The van der Waals surface area contributed by atoms with Gasteiger partial charge in [0.2, 0.25) is 0 Å². The maximum atomic E-state index is 13.3. The van der Waals surface area contributed by atoms with Crippen molar-refractivity contribution in [3.8, 4) is 5.75 Å². The van der Waals surface area contributed by atoms with E-state index in [4.69, 9.17) is 13.6 Å². The Hall–Kier alpha value is -2.95. The molecule has 0 saturated heterocycles. The minimum Gasteiger partial charge on any atom is -0.481 e. The molecule has 1 aliphatic rings. The first kappa shape index (κ1) is 20.3. The molecular weight excluding hydrogens is 378 g/mol. The minimum absolute atomic E-state index is 0.109. The van der Waals surface area contributed by atoms with Gasteiger partial charge in [0, 0.05) is 5.92 Å². The first-order valence-electron chi connectivity index (χ1n) is 10.5. The van der Waals surface area contributed by atoms with E-state index in [9.17, 15) is 4.79 Å². The maximum absolute atomic E-state index is 13.3. The number of furan rings is 2. The maximum Gasteiger partial charge on any atom is 0.264 e. The summed E-state index contributed by atoms with van der Waals surface area (Å²) in [6, 6.07) is 13.6. The van der Waals surface area contributed by atoms with Gasteiger partial charge < -0.3 is 18.5 Å². The van der Waals surface area contributed by atoms with Crippen molar-refractivity contribution in [2.24, 2.45) is 5.92 Å². The summed E-state index contributed by atoms with van der Waals surface area (Å²) in [6.45, 7) is 8.84. The van der Waals surface area contributed by atoms with E-state index in [-0.39, 0.29) is 5.91 Å². The predicted octanol–water partition coefficient (Wildman–Crippen LogP) is 5.61. The van der Waals surface area contributed by atoms with Crippen molar-refractivity contribution in [3.63, 3.8) is 0 Å². The smallest absolute Gasteiger partial charge is 0.264 e. The molecule has 3 unspecified atom stereocenters. The Morgan fingerprint density at radius 3 is 2.57 bits per heavy atom. The number of amides is 1. The van der Waals surface area contributed by atoms with Gasteiger partial charge in [-0.1, -0.05) is 13.0 Å². The summed E-state index contributed by atoms with van der Waals surface area (Å²) in [5.74, 6) is 4.30. The Bertz CT molecular complexity index is 1000. The van der Waals surface area contributed by atoms with Crippen molar-refractivity contribution in [3.05, 3.63) is 77.1 Å². The van der Waals surface area contributed by atoms with Crippen LogP contribution in [0.2, 0.25) is 0 Å². The lowest BCUT2D eigenvalue weighted by molar-refractivity contribution is -0.139. The first-order valence-corrected chi connectivity index (χ1v) is 10.5. The lowest BCUT2D eigenvalue weighted by atomic mass is 10.1. The van der Waals surface area contributed by atoms with E-state index in [2.05, 4.69) is 13.8 Å². The molecule has 1 amide bonds. The Balaban J connectivity index is 1.48. The zero-order chi connectivity index (χ0) is 21.3. The minimum atomic E-state index is -0.625. The molecule has 2 aromatic heterocycles. The number of ether oxygens (including phenoxy) is 1. The van der Waals surface area contributed by atoms with Gasteiger partial charge in [-0.15, -0.1) is 0 Å². The molecule has 0 bridgehead atoms. The number of hydrogen-bond acceptors (Lipinski definition) is 4. The van der Waals surface area contributed by atoms with Gasteiger partial charge in [-0.25, -0.2) is 0 Å². The Kier molecular flexibility index (Phi) is 5.71. The number of nitrogens with zero attached hydrogens (tertiary/aromatic N) is 1. The van der Waals surface area contributed by atoms with Crippen LogP contribution in [-0.4, -0.2) is 16.9 Å². The van der Waals surface area contributed by atoms with Gasteiger partial charge >= 0.3 is 0 Å². The van der Waals surface area contributed by atoms with Gasteiger partial charge in [-0.05, 0) is 80.6 Å². The third-order valence-corrected chi connectivity index (χ3v) is 5.88. The monoisotopic (exact) mass is 407 g/mol. The van der Waals surface area contributed by atoms with Crippen molar-refractivity contribution in [2.75, 3.05) is 0 Å². The fraction of sp³-hybridized carbons (Fsp3) is 0.400. The number of hydrogen-bond donors (Lipinski definition) is 0. The molecule has 2 heterocycles. The molecule has 5 heteroatoms. The highest BCUT2D eigenvalue weighted by Gasteiger charge is 2.36. The molecule has 0 spiro atoms. The molecular formula is C25H29NO4. The van der Waals surface area contributed by atoms with Crippen LogP contribution in [0.5, 0.6) is 5.75 Å². The summed E-state index contributed by atoms with van der Waals surface area (Å²) in [4.78, 5) is 15.0. The molecule has 4 rings (SSSR count). The molecule has 3 atom stereocenters. The second-order valence-corrected chi connectivity index (χ2v) is 8.40. The number of aryl methyl sites for hydroxylation is 2. The van der Waals surface area contributed by atoms with E-state index in [1.807, 2.05) is 49.4 Å². The molecule has 1 saturated carbocycles. The third-order valence-electron chi connectivity index (χ3n) is 5.88. The van der Waals surface area contributed by atoms with Crippen molar-refractivity contribution in [1.82, 2.24) is 4.90 Å². The summed E-state index contributed by atoms with van der Waals surface area (Å²) in [7, 11) is 0. The number of carbonyl (C=O) groups is 1. The van der Waals surface area contributed by atoms with E-state index in [0.717, 1.165) is 22.8 Å². The molecule has 3 aromatic rings. The standard InChI is InChI=1S/C25H29NO4/c1-16-7-8-20(12-17(16)2)29-19(4)25(27)26(14-21-6-5-11-28-21)15-22-9-10-24(30-22)23-13-18(23)3/h5-12,18-19,23H,13-15H2,1-4H3. The van der Waals surface area contributed by atoms with E-state index in [1.165, 1.54) is 12.0 Å². The van der Waals surface area contributed by atoms with E-state index < -0.39 is 6.10 Å². The van der Waals surface area contributed by atoms with Crippen LogP contribution in [0.25, 0.3) is 0 Å². The summed E-state index contributed by atoms with van der Waals surface area (Å²) < 4.78 is 17.5. The van der Waals surface area contributed by atoms with Crippen molar-refractivity contribution in [2.45, 2.75) is 59.2 Å². The van der Waals surface area contributed by atoms with Crippen LogP contribution in [0.1, 0.15) is 54.6 Å². The van der Waals surface area contributed by atoms with Gasteiger partial charge in [0.25, 0.3) is 5.91 Å². The highest BCUT2D eigenvalue weighted by molar-refractivity contribution is 5.80. The van der Waals surface area contributed by atoms with Gasteiger partial charge in [0.1, 0.15) is 23.0 Å². The molecule has 1 aliphatic carbocycles. The molecule has 0 aliphatic heterocycles. The average Bonchev–Trinajstić information content (AvgIpc) is 3.11. The molecule has 0 N–H and O–H groups in total. The Morgan fingerprint density at radius 2 is 1.90 bits per heavy atom. The van der Waals surface area contributed by atoms with Crippen LogP contribution in [0.15, 0.2) is 57.6 Å². The molecule has 30 heavy (non-hydrogen) atoms. The molecule has 1 aromatic carbocycles. The van der Waals surface area contributed by atoms with Gasteiger partial charge in [0.15, 0.2) is 6.10 Å². The second kappa shape index (κ2) is 8.42. The molecule has 5 nitrogen and oxygen atoms in total. The van der Waals surface area contributed by atoms with E-state index in [1.54, 1.807) is 18.1 Å². The normalized spacial score (nSPS) is 18.8. The van der Waals surface area contributed by atoms with Gasteiger partial charge in [-0.2, -0.15) is 0 Å². The Labute approximate surface area is 177 Å². The van der Waals surface area contributed by atoms with Crippen LogP contribution < -0.4 is 4.74 Å². The SMILES string of the molecule is Cc1ccc(OC(C)C(=O)N(Cc2ccco2)Cc2ccc(C3CC3C)o2)cc1C. The summed E-state index contributed by atoms with van der Waals surface area (Å²) in [6.07, 6.45) is 2.16. The Morgan fingerprint density at radius 1 is 1.13 bits per heavy atom. The second-order valence-electron chi connectivity index (χ2n) is 8.40. The number of benzene rings is 1. The van der Waals surface area contributed by atoms with Gasteiger partial charge in [-0.3, -0.25) is 4.79 Å². The zero-order valence-corrected chi connectivity index (χ0v) is 18.1. The van der Waals surface area contributed by atoms with Crippen molar-refractivity contribution < 1.29 is 18.4 Å². The highest BCUT2D eigenvalue weighted by atomic mass is 16.5. The summed E-state index contributed by atoms with van der Waals surface area (Å²) in [5.41, 5.74) is 2.33. The van der Waals surface area contributed by atoms with Gasteiger partial charge in [0.05, 0.1) is 19.4 Å². The van der Waals surface area contributed by atoms with Crippen molar-refractivity contribution >= 4 is 5.91 Å². The molecule has 1 fully saturated rings. The topological polar surface area (TPSA) is 55.8 Å². The third kappa shape index (κ3) is 4.61. The van der Waals surface area contributed by atoms with E-state index in [0.29, 0.717) is 30.7 Å². The van der Waals surface area contributed by atoms with Crippen LogP contribution in [0.4, 0.5) is 0 Å². The largest absolute Gasteiger partial charge is 0.481 e. The van der Waals surface area contributed by atoms with Crippen LogP contribution in [-0.2, 0) is 17.9 Å². The lowest BCUT2D eigenvalue weighted by Gasteiger charge is -2.25. The predicted molar refractivity (Wildman–Crippen MR) is 114 cm³/mol. The van der Waals surface area contributed by atoms with Crippen LogP contribution in [0.3, 0.4) is 0 Å².